The molecule has 4 nitrogen and oxygen atoms in total. The summed E-state index contributed by atoms with van der Waals surface area (Å²) in [6.45, 7) is 1.85. The number of aromatic nitrogens is 2. The van der Waals surface area contributed by atoms with Gasteiger partial charge in [0, 0.05) is 16.8 Å². The molecule has 0 unspecified atom stereocenters. The summed E-state index contributed by atoms with van der Waals surface area (Å²) in [5.41, 5.74) is 6.31. The Balaban J connectivity index is 2.34. The first kappa shape index (κ1) is 12.1. The van der Waals surface area contributed by atoms with Crippen LogP contribution in [-0.2, 0) is 0 Å². The summed E-state index contributed by atoms with van der Waals surface area (Å²) in [6, 6.07) is 5.24. The van der Waals surface area contributed by atoms with Crippen molar-refractivity contribution in [3.05, 3.63) is 39.5 Å². The summed E-state index contributed by atoms with van der Waals surface area (Å²) >= 11 is 9.21. The average molecular weight is 315 g/mol. The number of hydrogen-bond donors (Lipinski definition) is 1. The SMILES string of the molecule is Cc1cnc(N)nc1Oc1ccc(Cl)cc1Br. The first-order valence-electron chi connectivity index (χ1n) is 4.78. The summed E-state index contributed by atoms with van der Waals surface area (Å²) < 4.78 is 6.39. The molecule has 0 saturated heterocycles. The fraction of sp³-hybridized carbons (Fsp3) is 0.0909. The Morgan fingerprint density at radius 2 is 2.18 bits per heavy atom. The van der Waals surface area contributed by atoms with E-state index in [1.807, 2.05) is 6.92 Å². The van der Waals surface area contributed by atoms with E-state index in [1.54, 1.807) is 24.4 Å². The van der Waals surface area contributed by atoms with E-state index in [0.29, 0.717) is 16.7 Å². The highest BCUT2D eigenvalue weighted by Gasteiger charge is 2.08. The van der Waals surface area contributed by atoms with Crippen molar-refractivity contribution in [1.82, 2.24) is 9.97 Å². The number of hydrogen-bond acceptors (Lipinski definition) is 4. The number of benzene rings is 1. The molecule has 0 atom stereocenters. The zero-order valence-corrected chi connectivity index (χ0v) is 11.3. The number of aryl methyl sites for hydroxylation is 1. The highest BCUT2D eigenvalue weighted by molar-refractivity contribution is 9.10. The quantitative estimate of drug-likeness (QED) is 0.920. The van der Waals surface area contributed by atoms with E-state index in [2.05, 4.69) is 25.9 Å². The summed E-state index contributed by atoms with van der Waals surface area (Å²) in [7, 11) is 0. The van der Waals surface area contributed by atoms with Gasteiger partial charge in [0.25, 0.3) is 0 Å². The standard InChI is InChI=1S/C11H9BrClN3O/c1-6-5-15-11(14)16-10(6)17-9-3-2-7(13)4-8(9)12/h2-5H,1H3,(H2,14,15,16). The minimum atomic E-state index is 0.177. The van der Waals surface area contributed by atoms with Crippen LogP contribution in [0.15, 0.2) is 28.9 Å². The van der Waals surface area contributed by atoms with E-state index in [9.17, 15) is 0 Å². The Labute approximate surface area is 112 Å². The molecule has 1 aromatic carbocycles. The van der Waals surface area contributed by atoms with Gasteiger partial charge in [-0.2, -0.15) is 4.98 Å². The molecule has 0 bridgehead atoms. The van der Waals surface area contributed by atoms with Crippen molar-refractivity contribution < 1.29 is 4.74 Å². The van der Waals surface area contributed by atoms with Crippen LogP contribution in [0, 0.1) is 6.92 Å². The molecule has 0 amide bonds. The van der Waals surface area contributed by atoms with Crippen molar-refractivity contribution in [2.75, 3.05) is 5.73 Å². The summed E-state index contributed by atoms with van der Waals surface area (Å²) in [5, 5.41) is 0.628. The van der Waals surface area contributed by atoms with Gasteiger partial charge in [0.1, 0.15) is 5.75 Å². The van der Waals surface area contributed by atoms with Crippen molar-refractivity contribution in [3.63, 3.8) is 0 Å². The number of halogens is 2. The number of anilines is 1. The minimum absolute atomic E-state index is 0.177. The maximum absolute atomic E-state index is 5.85. The molecule has 2 aromatic rings. The van der Waals surface area contributed by atoms with Crippen LogP contribution in [0.4, 0.5) is 5.95 Å². The number of nitrogens with zero attached hydrogens (tertiary/aromatic N) is 2. The van der Waals surface area contributed by atoms with Crippen LogP contribution >= 0.6 is 27.5 Å². The van der Waals surface area contributed by atoms with Crippen molar-refractivity contribution in [3.8, 4) is 11.6 Å². The molecule has 2 rings (SSSR count). The number of nitrogens with two attached hydrogens (primary N) is 1. The van der Waals surface area contributed by atoms with Gasteiger partial charge in [-0.15, -0.1) is 0 Å². The molecule has 88 valence electrons. The average Bonchev–Trinajstić information content (AvgIpc) is 2.27. The topological polar surface area (TPSA) is 61.0 Å². The van der Waals surface area contributed by atoms with Gasteiger partial charge in [-0.3, -0.25) is 0 Å². The Morgan fingerprint density at radius 1 is 1.41 bits per heavy atom. The number of rotatable bonds is 2. The van der Waals surface area contributed by atoms with Crippen LogP contribution < -0.4 is 10.5 Å². The summed E-state index contributed by atoms with van der Waals surface area (Å²) in [6.07, 6.45) is 1.61. The monoisotopic (exact) mass is 313 g/mol. The molecule has 0 aliphatic carbocycles. The maximum atomic E-state index is 5.85. The molecule has 1 heterocycles. The predicted octanol–water partition coefficient (Wildman–Crippen LogP) is 3.58. The molecule has 6 heteroatoms. The number of nitrogen functional groups attached to an aromatic ring is 1. The Hall–Kier alpha value is -1.33. The van der Waals surface area contributed by atoms with E-state index in [1.165, 1.54) is 0 Å². The zero-order valence-electron chi connectivity index (χ0n) is 8.95. The first-order valence-corrected chi connectivity index (χ1v) is 5.95. The molecule has 0 radical (unpaired) electrons. The van der Waals surface area contributed by atoms with Crippen LogP contribution in [0.1, 0.15) is 5.56 Å². The Bertz CT molecular complexity index is 562. The third kappa shape index (κ3) is 2.87. The van der Waals surface area contributed by atoms with E-state index in [-0.39, 0.29) is 5.95 Å². The highest BCUT2D eigenvalue weighted by atomic mass is 79.9. The maximum Gasteiger partial charge on any atom is 0.227 e. The van der Waals surface area contributed by atoms with Gasteiger partial charge in [-0.1, -0.05) is 11.6 Å². The normalized spacial score (nSPS) is 10.3. The molecular formula is C11H9BrClN3O. The molecule has 0 aliphatic rings. The van der Waals surface area contributed by atoms with Crippen molar-refractivity contribution in [2.24, 2.45) is 0 Å². The van der Waals surface area contributed by atoms with Crippen molar-refractivity contribution in [1.29, 1.82) is 0 Å². The van der Waals surface area contributed by atoms with E-state index < -0.39 is 0 Å². The molecular weight excluding hydrogens is 305 g/mol. The van der Waals surface area contributed by atoms with E-state index >= 15 is 0 Å². The molecule has 17 heavy (non-hydrogen) atoms. The molecule has 0 saturated carbocycles. The third-order valence-electron chi connectivity index (χ3n) is 2.04. The van der Waals surface area contributed by atoms with Crippen LogP contribution in [0.3, 0.4) is 0 Å². The lowest BCUT2D eigenvalue weighted by Crippen LogP contribution is -1.99. The lowest BCUT2D eigenvalue weighted by Gasteiger charge is -2.09. The summed E-state index contributed by atoms with van der Waals surface area (Å²) in [4.78, 5) is 7.89. The van der Waals surface area contributed by atoms with Gasteiger partial charge in [0.2, 0.25) is 11.8 Å². The van der Waals surface area contributed by atoms with Crippen LogP contribution in [0.25, 0.3) is 0 Å². The molecule has 0 fully saturated rings. The van der Waals surface area contributed by atoms with Gasteiger partial charge >= 0.3 is 0 Å². The van der Waals surface area contributed by atoms with Gasteiger partial charge in [-0.05, 0) is 41.1 Å². The van der Waals surface area contributed by atoms with Gasteiger partial charge in [0.15, 0.2) is 0 Å². The zero-order chi connectivity index (χ0) is 12.4. The second kappa shape index (κ2) is 4.89. The highest BCUT2D eigenvalue weighted by Crippen LogP contribution is 2.32. The largest absolute Gasteiger partial charge is 0.437 e. The lowest BCUT2D eigenvalue weighted by atomic mass is 10.3. The van der Waals surface area contributed by atoms with Crippen LogP contribution in [0.2, 0.25) is 5.02 Å². The summed E-state index contributed by atoms with van der Waals surface area (Å²) in [5.74, 6) is 1.23. The fourth-order valence-corrected chi connectivity index (χ4v) is 1.97. The first-order chi connectivity index (χ1) is 8.06. The third-order valence-corrected chi connectivity index (χ3v) is 2.90. The number of ether oxygens (including phenoxy) is 1. The minimum Gasteiger partial charge on any atom is -0.437 e. The predicted molar refractivity (Wildman–Crippen MR) is 70.4 cm³/mol. The molecule has 1 aromatic heterocycles. The van der Waals surface area contributed by atoms with E-state index in [4.69, 9.17) is 22.1 Å². The van der Waals surface area contributed by atoms with Crippen LogP contribution in [-0.4, -0.2) is 9.97 Å². The molecule has 0 aliphatic heterocycles. The molecule has 2 N–H and O–H groups in total. The smallest absolute Gasteiger partial charge is 0.227 e. The molecule has 0 spiro atoms. The lowest BCUT2D eigenvalue weighted by molar-refractivity contribution is 0.455. The Kier molecular flexibility index (Phi) is 3.49. The van der Waals surface area contributed by atoms with Gasteiger partial charge < -0.3 is 10.5 Å². The van der Waals surface area contributed by atoms with Crippen molar-refractivity contribution >= 4 is 33.5 Å². The second-order valence-electron chi connectivity index (χ2n) is 3.39. The van der Waals surface area contributed by atoms with Gasteiger partial charge in [-0.25, -0.2) is 4.98 Å². The van der Waals surface area contributed by atoms with Gasteiger partial charge in [0.05, 0.1) is 4.47 Å². The fourth-order valence-electron chi connectivity index (χ4n) is 1.20. The Morgan fingerprint density at radius 3 is 2.88 bits per heavy atom. The van der Waals surface area contributed by atoms with E-state index in [0.717, 1.165) is 10.0 Å². The second-order valence-corrected chi connectivity index (χ2v) is 4.68. The van der Waals surface area contributed by atoms with Crippen molar-refractivity contribution in [2.45, 2.75) is 6.92 Å². The van der Waals surface area contributed by atoms with Crippen LogP contribution in [0.5, 0.6) is 11.6 Å².